The molecule has 1 unspecified atom stereocenters. The topological polar surface area (TPSA) is 83.2 Å². The minimum Gasteiger partial charge on any atom is -0.490 e. The zero-order valence-corrected chi connectivity index (χ0v) is 18.1. The summed E-state index contributed by atoms with van der Waals surface area (Å²) in [4.78, 5) is 12.5. The Morgan fingerprint density at radius 1 is 1.10 bits per heavy atom. The van der Waals surface area contributed by atoms with E-state index in [2.05, 4.69) is 15.5 Å². The van der Waals surface area contributed by atoms with E-state index in [1.54, 1.807) is 34.2 Å². The molecule has 0 saturated heterocycles. The molecule has 0 aliphatic heterocycles. The minimum absolute atomic E-state index is 0.110. The van der Waals surface area contributed by atoms with E-state index < -0.39 is 0 Å². The Morgan fingerprint density at radius 3 is 2.53 bits per heavy atom. The Balaban J connectivity index is 1.60. The quantitative estimate of drug-likeness (QED) is 0.527. The number of carbonyl (C=O) groups excluding carboxylic acids is 1. The third-order valence-electron chi connectivity index (χ3n) is 4.36. The molecule has 0 saturated carbocycles. The molecule has 1 N–H and O–H groups in total. The molecule has 2 aromatic heterocycles. The fraction of sp³-hybridized carbons (Fsp3) is 0.381. The van der Waals surface area contributed by atoms with Gasteiger partial charge in [-0.2, -0.15) is 10.2 Å². The molecule has 0 bridgehead atoms. The molecular weight excluding hydrogens is 406 g/mol. The monoisotopic (exact) mass is 431 g/mol. The smallest absolute Gasteiger partial charge is 0.229 e. The van der Waals surface area contributed by atoms with E-state index in [1.165, 1.54) is 0 Å². The van der Waals surface area contributed by atoms with Crippen LogP contribution in [0.4, 0.5) is 5.69 Å². The van der Waals surface area contributed by atoms with Crippen molar-refractivity contribution >= 4 is 23.2 Å². The summed E-state index contributed by atoms with van der Waals surface area (Å²) in [5, 5.41) is 11.9. The van der Waals surface area contributed by atoms with Crippen molar-refractivity contribution in [3.05, 3.63) is 53.6 Å². The van der Waals surface area contributed by atoms with Gasteiger partial charge in [0, 0.05) is 12.4 Å². The molecule has 1 aromatic carbocycles. The van der Waals surface area contributed by atoms with Crippen LogP contribution in [0.2, 0.25) is 5.02 Å². The van der Waals surface area contributed by atoms with Gasteiger partial charge in [-0.3, -0.25) is 14.2 Å². The summed E-state index contributed by atoms with van der Waals surface area (Å²) in [6.07, 6.45) is 6.67. The van der Waals surface area contributed by atoms with Gasteiger partial charge in [0.25, 0.3) is 0 Å². The Bertz CT molecular complexity index is 985. The third-order valence-corrected chi connectivity index (χ3v) is 4.56. The molecule has 0 aliphatic rings. The number of anilines is 1. The first-order chi connectivity index (χ1) is 14.5. The molecule has 0 spiro atoms. The summed E-state index contributed by atoms with van der Waals surface area (Å²) >= 11 is 5.86. The van der Waals surface area contributed by atoms with Crippen molar-refractivity contribution in [3.63, 3.8) is 0 Å². The number of carbonyl (C=O) groups is 1. The van der Waals surface area contributed by atoms with Crippen LogP contribution in [0.1, 0.15) is 26.3 Å². The van der Waals surface area contributed by atoms with Crippen LogP contribution in [0.25, 0.3) is 0 Å². The Kier molecular flexibility index (Phi) is 7.35. The normalized spacial score (nSPS) is 11.9. The number of rotatable bonds is 10. The standard InChI is InChI=1S/C21H26ClN5O3/c1-4-29-19-7-6-16(8-20(19)30-5-2)12-27-14-18(10-24-27)25-21(28)15(3)11-26-13-17(22)9-23-26/h6-10,13-15H,4-5,11-12H2,1-3H3,(H,25,28). The predicted octanol–water partition coefficient (Wildman–Crippen LogP) is 3.85. The SMILES string of the molecule is CCOc1ccc(Cn2cc(NC(=O)C(C)Cn3cc(Cl)cn3)cn2)cc1OCC. The maximum absolute atomic E-state index is 12.5. The van der Waals surface area contributed by atoms with Crippen molar-refractivity contribution in [2.24, 2.45) is 5.92 Å². The van der Waals surface area contributed by atoms with Gasteiger partial charge < -0.3 is 14.8 Å². The van der Waals surface area contributed by atoms with Gasteiger partial charge >= 0.3 is 0 Å². The maximum Gasteiger partial charge on any atom is 0.229 e. The van der Waals surface area contributed by atoms with Gasteiger partial charge in [-0.1, -0.05) is 24.6 Å². The third kappa shape index (κ3) is 5.76. The first kappa shape index (κ1) is 21.7. The number of nitrogens with one attached hydrogen (secondary N) is 1. The maximum atomic E-state index is 12.5. The van der Waals surface area contributed by atoms with E-state index in [1.807, 2.05) is 39.0 Å². The highest BCUT2D eigenvalue weighted by Crippen LogP contribution is 2.29. The average molecular weight is 432 g/mol. The zero-order valence-electron chi connectivity index (χ0n) is 17.3. The highest BCUT2D eigenvalue weighted by molar-refractivity contribution is 6.30. The Morgan fingerprint density at radius 2 is 1.83 bits per heavy atom. The summed E-state index contributed by atoms with van der Waals surface area (Å²) in [6.45, 7) is 7.84. The second kappa shape index (κ2) is 10.2. The molecule has 30 heavy (non-hydrogen) atoms. The summed E-state index contributed by atoms with van der Waals surface area (Å²) in [7, 11) is 0. The fourth-order valence-electron chi connectivity index (χ4n) is 2.96. The highest BCUT2D eigenvalue weighted by Gasteiger charge is 2.15. The number of ether oxygens (including phenoxy) is 2. The van der Waals surface area contributed by atoms with Crippen LogP contribution in [0.15, 0.2) is 43.0 Å². The van der Waals surface area contributed by atoms with Crippen molar-refractivity contribution in [1.82, 2.24) is 19.6 Å². The largest absolute Gasteiger partial charge is 0.490 e. The van der Waals surface area contributed by atoms with Crippen molar-refractivity contribution in [2.45, 2.75) is 33.9 Å². The van der Waals surface area contributed by atoms with Crippen molar-refractivity contribution in [1.29, 1.82) is 0 Å². The van der Waals surface area contributed by atoms with E-state index in [-0.39, 0.29) is 11.8 Å². The average Bonchev–Trinajstić information content (AvgIpc) is 3.32. The molecule has 1 amide bonds. The van der Waals surface area contributed by atoms with Crippen molar-refractivity contribution in [2.75, 3.05) is 18.5 Å². The molecule has 8 nitrogen and oxygen atoms in total. The lowest BCUT2D eigenvalue weighted by Gasteiger charge is -2.12. The lowest BCUT2D eigenvalue weighted by molar-refractivity contribution is -0.119. The summed E-state index contributed by atoms with van der Waals surface area (Å²) in [5.41, 5.74) is 1.66. The predicted molar refractivity (Wildman–Crippen MR) is 115 cm³/mol. The Labute approximate surface area is 180 Å². The van der Waals surface area contributed by atoms with E-state index in [9.17, 15) is 4.79 Å². The molecule has 3 rings (SSSR count). The molecule has 0 fully saturated rings. The first-order valence-corrected chi connectivity index (χ1v) is 10.3. The van der Waals surface area contributed by atoms with E-state index in [0.717, 1.165) is 11.3 Å². The molecule has 0 aliphatic carbocycles. The molecule has 3 aromatic rings. The lowest BCUT2D eigenvalue weighted by Crippen LogP contribution is -2.24. The second-order valence-corrected chi connectivity index (χ2v) is 7.28. The van der Waals surface area contributed by atoms with Gasteiger partial charge in [-0.15, -0.1) is 0 Å². The molecule has 9 heteroatoms. The van der Waals surface area contributed by atoms with Gasteiger partial charge in [0.15, 0.2) is 11.5 Å². The minimum atomic E-state index is -0.274. The van der Waals surface area contributed by atoms with Gasteiger partial charge in [0.2, 0.25) is 5.91 Å². The molecule has 2 heterocycles. The number of aromatic nitrogens is 4. The van der Waals surface area contributed by atoms with Crippen LogP contribution >= 0.6 is 11.6 Å². The highest BCUT2D eigenvalue weighted by atomic mass is 35.5. The lowest BCUT2D eigenvalue weighted by atomic mass is 10.1. The van der Waals surface area contributed by atoms with E-state index >= 15 is 0 Å². The fourth-order valence-corrected chi connectivity index (χ4v) is 3.12. The van der Waals surface area contributed by atoms with E-state index in [0.29, 0.717) is 42.8 Å². The van der Waals surface area contributed by atoms with Gasteiger partial charge in [-0.05, 0) is 31.5 Å². The van der Waals surface area contributed by atoms with Crippen LogP contribution in [0.5, 0.6) is 11.5 Å². The molecular formula is C21H26ClN5O3. The number of hydrogen-bond acceptors (Lipinski definition) is 5. The summed E-state index contributed by atoms with van der Waals surface area (Å²) in [6, 6.07) is 5.83. The number of halogens is 1. The van der Waals surface area contributed by atoms with Crippen LogP contribution in [-0.2, 0) is 17.9 Å². The van der Waals surface area contributed by atoms with Crippen LogP contribution in [0, 0.1) is 5.92 Å². The molecule has 0 radical (unpaired) electrons. The van der Waals surface area contributed by atoms with Gasteiger partial charge in [-0.25, -0.2) is 0 Å². The van der Waals surface area contributed by atoms with Crippen LogP contribution in [-0.4, -0.2) is 38.7 Å². The molecule has 160 valence electrons. The van der Waals surface area contributed by atoms with Crippen molar-refractivity contribution in [3.8, 4) is 11.5 Å². The zero-order chi connectivity index (χ0) is 21.5. The number of amides is 1. The molecule has 1 atom stereocenters. The van der Waals surface area contributed by atoms with Crippen LogP contribution < -0.4 is 14.8 Å². The first-order valence-electron chi connectivity index (χ1n) is 9.88. The summed E-state index contributed by atoms with van der Waals surface area (Å²) < 4.78 is 14.7. The van der Waals surface area contributed by atoms with Gasteiger partial charge in [0.05, 0.1) is 55.3 Å². The number of benzene rings is 1. The second-order valence-electron chi connectivity index (χ2n) is 6.84. The van der Waals surface area contributed by atoms with Crippen molar-refractivity contribution < 1.29 is 14.3 Å². The Hall–Kier alpha value is -3.00. The van der Waals surface area contributed by atoms with Crippen LogP contribution in [0.3, 0.4) is 0 Å². The van der Waals surface area contributed by atoms with Gasteiger partial charge in [0.1, 0.15) is 0 Å². The number of hydrogen-bond donors (Lipinski definition) is 1. The number of nitrogens with zero attached hydrogens (tertiary/aromatic N) is 4. The summed E-state index contributed by atoms with van der Waals surface area (Å²) in [5.74, 6) is 1.05. The van der Waals surface area contributed by atoms with E-state index in [4.69, 9.17) is 21.1 Å².